The maximum Gasteiger partial charge on any atom is 0.221 e. The molecule has 1 saturated carbocycles. The van der Waals surface area contributed by atoms with Crippen LogP contribution in [0.2, 0.25) is 0 Å². The first-order chi connectivity index (χ1) is 11.5. The van der Waals surface area contributed by atoms with Crippen molar-refractivity contribution in [2.75, 3.05) is 5.75 Å². The van der Waals surface area contributed by atoms with Crippen molar-refractivity contribution in [2.24, 2.45) is 0 Å². The van der Waals surface area contributed by atoms with Gasteiger partial charge in [0.1, 0.15) is 0 Å². The van der Waals surface area contributed by atoms with E-state index in [0.29, 0.717) is 0 Å². The summed E-state index contributed by atoms with van der Waals surface area (Å²) in [5, 5.41) is 4.87. The molecular formula is C19H23NO3S. The Kier molecular flexibility index (Phi) is 5.19. The van der Waals surface area contributed by atoms with Gasteiger partial charge in [-0.3, -0.25) is 4.79 Å². The molecule has 1 aliphatic carbocycles. The maximum atomic E-state index is 12.5. The maximum absolute atomic E-state index is 12.5. The Morgan fingerprint density at radius 1 is 1.00 bits per heavy atom. The lowest BCUT2D eigenvalue weighted by molar-refractivity contribution is -0.121. The fourth-order valence-corrected chi connectivity index (χ4v) is 4.52. The summed E-state index contributed by atoms with van der Waals surface area (Å²) in [5.74, 6) is -0.310. The number of benzene rings is 2. The van der Waals surface area contributed by atoms with Crippen molar-refractivity contribution in [1.82, 2.24) is 5.32 Å². The van der Waals surface area contributed by atoms with Crippen LogP contribution in [0.5, 0.6) is 0 Å². The highest BCUT2D eigenvalue weighted by molar-refractivity contribution is 7.91. The van der Waals surface area contributed by atoms with Crippen molar-refractivity contribution in [3.63, 3.8) is 0 Å². The highest BCUT2D eigenvalue weighted by atomic mass is 32.2. The molecule has 128 valence electrons. The Morgan fingerprint density at radius 3 is 2.46 bits per heavy atom. The third-order valence-corrected chi connectivity index (χ3v) is 6.36. The lowest BCUT2D eigenvalue weighted by atomic mass is 9.95. The van der Waals surface area contributed by atoms with Crippen LogP contribution in [-0.4, -0.2) is 26.1 Å². The Morgan fingerprint density at radius 2 is 1.71 bits per heavy atom. The van der Waals surface area contributed by atoms with Gasteiger partial charge in [-0.25, -0.2) is 8.42 Å². The number of hydrogen-bond acceptors (Lipinski definition) is 3. The molecule has 0 atom stereocenters. The Hall–Kier alpha value is -1.88. The van der Waals surface area contributed by atoms with Crippen LogP contribution in [0.3, 0.4) is 0 Å². The molecule has 0 saturated heterocycles. The van der Waals surface area contributed by atoms with Gasteiger partial charge < -0.3 is 5.32 Å². The van der Waals surface area contributed by atoms with Gasteiger partial charge in [-0.05, 0) is 35.7 Å². The van der Waals surface area contributed by atoms with Crippen LogP contribution >= 0.6 is 0 Å². The zero-order chi connectivity index (χ0) is 17.0. The van der Waals surface area contributed by atoms with Crippen LogP contribution in [0.15, 0.2) is 47.4 Å². The second-order valence-electron chi connectivity index (χ2n) is 6.48. The average Bonchev–Trinajstić information content (AvgIpc) is 2.60. The van der Waals surface area contributed by atoms with Crippen LogP contribution < -0.4 is 5.32 Å². The second-order valence-corrected chi connectivity index (χ2v) is 8.59. The second kappa shape index (κ2) is 7.34. The Labute approximate surface area is 143 Å². The smallest absolute Gasteiger partial charge is 0.221 e. The highest BCUT2D eigenvalue weighted by Gasteiger charge is 2.19. The van der Waals surface area contributed by atoms with E-state index in [9.17, 15) is 13.2 Å². The molecule has 0 spiro atoms. The van der Waals surface area contributed by atoms with E-state index in [0.717, 1.165) is 36.5 Å². The standard InChI is InChI=1S/C19H23NO3S/c21-19(20-17-8-2-1-3-9-17)12-13-24(22,23)18-11-10-15-6-4-5-7-16(15)14-18/h4-7,10-11,14,17H,1-3,8-9,12-13H2,(H,20,21). The van der Waals surface area contributed by atoms with Crippen LogP contribution in [0.4, 0.5) is 0 Å². The van der Waals surface area contributed by atoms with Crippen molar-refractivity contribution in [1.29, 1.82) is 0 Å². The highest BCUT2D eigenvalue weighted by Crippen LogP contribution is 2.21. The molecule has 1 fully saturated rings. The van der Waals surface area contributed by atoms with Gasteiger partial charge in [-0.1, -0.05) is 49.6 Å². The SMILES string of the molecule is O=C(CCS(=O)(=O)c1ccc2ccccc2c1)NC1CCCCC1. The number of nitrogens with one attached hydrogen (secondary N) is 1. The van der Waals surface area contributed by atoms with Gasteiger partial charge in [0.25, 0.3) is 0 Å². The number of hydrogen-bond donors (Lipinski definition) is 1. The number of rotatable bonds is 5. The van der Waals surface area contributed by atoms with Crippen molar-refractivity contribution in [2.45, 2.75) is 49.5 Å². The zero-order valence-electron chi connectivity index (χ0n) is 13.7. The van der Waals surface area contributed by atoms with E-state index in [2.05, 4.69) is 5.32 Å². The number of amides is 1. The van der Waals surface area contributed by atoms with Gasteiger partial charge >= 0.3 is 0 Å². The molecule has 0 aromatic heterocycles. The Balaban J connectivity index is 1.63. The first-order valence-corrected chi connectivity index (χ1v) is 10.2. The number of carbonyl (C=O) groups is 1. The lowest BCUT2D eigenvalue weighted by Gasteiger charge is -2.22. The first kappa shape index (κ1) is 17.0. The molecule has 1 amide bonds. The largest absolute Gasteiger partial charge is 0.353 e. The fraction of sp³-hybridized carbons (Fsp3) is 0.421. The van der Waals surface area contributed by atoms with Gasteiger partial charge in [0.15, 0.2) is 9.84 Å². The van der Waals surface area contributed by atoms with E-state index < -0.39 is 9.84 Å². The van der Waals surface area contributed by atoms with E-state index in [-0.39, 0.29) is 29.0 Å². The fourth-order valence-electron chi connectivity index (χ4n) is 3.25. The van der Waals surface area contributed by atoms with Crippen molar-refractivity contribution >= 4 is 26.5 Å². The molecule has 3 rings (SSSR count). The minimum Gasteiger partial charge on any atom is -0.353 e. The summed E-state index contributed by atoms with van der Waals surface area (Å²) >= 11 is 0. The molecule has 0 radical (unpaired) electrons. The van der Waals surface area contributed by atoms with E-state index in [1.807, 2.05) is 30.3 Å². The lowest BCUT2D eigenvalue weighted by Crippen LogP contribution is -2.36. The molecule has 24 heavy (non-hydrogen) atoms. The van der Waals surface area contributed by atoms with Crippen LogP contribution in [-0.2, 0) is 14.6 Å². The van der Waals surface area contributed by atoms with Crippen LogP contribution in [0.1, 0.15) is 38.5 Å². The third kappa shape index (κ3) is 4.15. The van der Waals surface area contributed by atoms with Gasteiger partial charge in [0.2, 0.25) is 5.91 Å². The summed E-state index contributed by atoms with van der Waals surface area (Å²) in [6, 6.07) is 13.0. The van der Waals surface area contributed by atoms with Crippen molar-refractivity contribution in [3.05, 3.63) is 42.5 Å². The summed E-state index contributed by atoms with van der Waals surface area (Å²) in [7, 11) is -3.45. The molecule has 0 aliphatic heterocycles. The molecule has 0 unspecified atom stereocenters. The summed E-state index contributed by atoms with van der Waals surface area (Å²) in [6.45, 7) is 0. The van der Waals surface area contributed by atoms with Crippen LogP contribution in [0, 0.1) is 0 Å². The predicted octanol–water partition coefficient (Wildman–Crippen LogP) is 3.45. The average molecular weight is 345 g/mol. The Bertz CT molecular complexity index is 823. The molecule has 2 aromatic rings. The van der Waals surface area contributed by atoms with Crippen molar-refractivity contribution in [3.8, 4) is 0 Å². The van der Waals surface area contributed by atoms with Crippen molar-refractivity contribution < 1.29 is 13.2 Å². The number of sulfone groups is 1. The van der Waals surface area contributed by atoms with E-state index in [1.54, 1.807) is 12.1 Å². The quantitative estimate of drug-likeness (QED) is 0.903. The molecule has 1 N–H and O–H groups in total. The molecule has 0 heterocycles. The van der Waals surface area contributed by atoms with Gasteiger partial charge in [-0.2, -0.15) is 0 Å². The molecule has 1 aliphatic rings. The zero-order valence-corrected chi connectivity index (χ0v) is 14.5. The summed E-state index contributed by atoms with van der Waals surface area (Å²) in [5.41, 5.74) is 0. The predicted molar refractivity (Wildman–Crippen MR) is 95.6 cm³/mol. The first-order valence-electron chi connectivity index (χ1n) is 8.55. The topological polar surface area (TPSA) is 63.2 Å². The van der Waals surface area contributed by atoms with Gasteiger partial charge in [0, 0.05) is 12.5 Å². The van der Waals surface area contributed by atoms with E-state index in [4.69, 9.17) is 0 Å². The molecule has 0 bridgehead atoms. The summed E-state index contributed by atoms with van der Waals surface area (Å²) in [6.07, 6.45) is 5.53. The molecular weight excluding hydrogens is 322 g/mol. The summed E-state index contributed by atoms with van der Waals surface area (Å²) < 4.78 is 25.0. The summed E-state index contributed by atoms with van der Waals surface area (Å²) in [4.78, 5) is 12.3. The minimum atomic E-state index is -3.45. The monoisotopic (exact) mass is 345 g/mol. The molecule has 2 aromatic carbocycles. The van der Waals surface area contributed by atoms with Crippen LogP contribution in [0.25, 0.3) is 10.8 Å². The molecule has 4 nitrogen and oxygen atoms in total. The van der Waals surface area contributed by atoms with Gasteiger partial charge in [-0.15, -0.1) is 0 Å². The molecule has 5 heteroatoms. The van der Waals surface area contributed by atoms with Gasteiger partial charge in [0.05, 0.1) is 10.6 Å². The van der Waals surface area contributed by atoms with E-state index >= 15 is 0 Å². The number of carbonyl (C=O) groups excluding carboxylic acids is 1. The number of fused-ring (bicyclic) bond motifs is 1. The third-order valence-electron chi connectivity index (χ3n) is 4.65. The minimum absolute atomic E-state index is 0.0195. The van der Waals surface area contributed by atoms with E-state index in [1.165, 1.54) is 6.42 Å². The normalized spacial score (nSPS) is 16.2.